The van der Waals surface area contributed by atoms with Gasteiger partial charge in [0.05, 0.1) is 0 Å². The van der Waals surface area contributed by atoms with Crippen LogP contribution in [0.15, 0.2) is 18.6 Å². The Hall–Kier alpha value is -1.86. The zero-order valence-corrected chi connectivity index (χ0v) is 10.5. The van der Waals surface area contributed by atoms with Crippen molar-refractivity contribution in [2.75, 3.05) is 11.1 Å². The first-order chi connectivity index (χ1) is 8.56. The average Bonchev–Trinajstić information content (AvgIpc) is 2.69. The molecule has 2 aromatic rings. The second-order valence-corrected chi connectivity index (χ2v) is 4.03. The minimum absolute atomic E-state index is 0.0151. The molecule has 0 aromatic carbocycles. The first kappa shape index (κ1) is 12.6. The number of nitrogen functional groups attached to an aromatic ring is 1. The van der Waals surface area contributed by atoms with Gasteiger partial charge in [0.2, 0.25) is 5.91 Å². The molecule has 9 heteroatoms. The Morgan fingerprint density at radius 2 is 2.06 bits per heavy atom. The minimum Gasteiger partial charge on any atom is -0.382 e. The summed E-state index contributed by atoms with van der Waals surface area (Å²) in [5.41, 5.74) is 5.60. The second kappa shape index (κ2) is 5.19. The van der Waals surface area contributed by atoms with Crippen LogP contribution in [0.5, 0.6) is 0 Å². The zero-order chi connectivity index (χ0) is 13.1. The summed E-state index contributed by atoms with van der Waals surface area (Å²) in [6.07, 6.45) is 2.79. The molecule has 7 nitrogen and oxygen atoms in total. The molecule has 2 heterocycles. The van der Waals surface area contributed by atoms with E-state index in [1.54, 1.807) is 12.3 Å². The van der Waals surface area contributed by atoms with Crippen LogP contribution in [0.25, 0.3) is 0 Å². The van der Waals surface area contributed by atoms with Crippen LogP contribution in [0.1, 0.15) is 0 Å². The number of nitrogens with one attached hydrogen (secondary N) is 1. The average molecular weight is 287 g/mol. The lowest BCUT2D eigenvalue weighted by Crippen LogP contribution is -2.20. The number of anilines is 2. The van der Waals surface area contributed by atoms with Crippen molar-refractivity contribution in [3.05, 3.63) is 28.9 Å². The predicted octanol–water partition coefficient (Wildman–Crippen LogP) is 1.20. The molecule has 0 unspecified atom stereocenters. The third-order valence-corrected chi connectivity index (χ3v) is 2.56. The van der Waals surface area contributed by atoms with E-state index in [-0.39, 0.29) is 28.4 Å². The number of amides is 1. The maximum Gasteiger partial charge on any atom is 0.246 e. The van der Waals surface area contributed by atoms with Crippen molar-refractivity contribution in [2.24, 2.45) is 0 Å². The van der Waals surface area contributed by atoms with Crippen molar-refractivity contribution in [3.63, 3.8) is 0 Å². The van der Waals surface area contributed by atoms with Gasteiger partial charge < -0.3 is 11.1 Å². The van der Waals surface area contributed by atoms with E-state index in [9.17, 15) is 4.79 Å². The first-order valence-corrected chi connectivity index (χ1v) is 5.56. The van der Waals surface area contributed by atoms with Gasteiger partial charge >= 0.3 is 0 Å². The van der Waals surface area contributed by atoms with Gasteiger partial charge in [-0.05, 0) is 6.07 Å². The largest absolute Gasteiger partial charge is 0.382 e. The number of aromatic nitrogens is 4. The first-order valence-electron chi connectivity index (χ1n) is 4.81. The standard InChI is InChI=1S/C9H8Cl2N6O/c10-8-7(9(11)14-4-13-8)15-6(18)3-17-2-1-5(12)16-17/h1-2,4H,3H2,(H2,12,16)(H,15,18). The molecule has 18 heavy (non-hydrogen) atoms. The lowest BCUT2D eigenvalue weighted by Gasteiger charge is -2.07. The molecule has 0 saturated carbocycles. The van der Waals surface area contributed by atoms with Crippen LogP contribution in [-0.4, -0.2) is 25.7 Å². The summed E-state index contributed by atoms with van der Waals surface area (Å²) >= 11 is 11.6. The van der Waals surface area contributed by atoms with Crippen LogP contribution in [0, 0.1) is 0 Å². The van der Waals surface area contributed by atoms with Gasteiger partial charge in [-0.25, -0.2) is 9.97 Å². The molecule has 3 N–H and O–H groups in total. The van der Waals surface area contributed by atoms with E-state index >= 15 is 0 Å². The van der Waals surface area contributed by atoms with Crippen molar-refractivity contribution in [2.45, 2.75) is 6.54 Å². The highest BCUT2D eigenvalue weighted by molar-refractivity contribution is 6.38. The summed E-state index contributed by atoms with van der Waals surface area (Å²) in [6, 6.07) is 1.58. The number of hydrogen-bond donors (Lipinski definition) is 2. The number of nitrogens with zero attached hydrogens (tertiary/aromatic N) is 4. The second-order valence-electron chi connectivity index (χ2n) is 3.32. The maximum absolute atomic E-state index is 11.7. The van der Waals surface area contributed by atoms with E-state index < -0.39 is 0 Å². The third kappa shape index (κ3) is 2.88. The Morgan fingerprint density at radius 3 is 2.61 bits per heavy atom. The van der Waals surface area contributed by atoms with Gasteiger partial charge in [-0.1, -0.05) is 23.2 Å². The topological polar surface area (TPSA) is 98.7 Å². The Labute approximate surface area is 112 Å². The van der Waals surface area contributed by atoms with Crippen molar-refractivity contribution < 1.29 is 4.79 Å². The molecule has 2 aromatic heterocycles. The van der Waals surface area contributed by atoms with Crippen LogP contribution in [0.4, 0.5) is 11.5 Å². The molecule has 94 valence electrons. The molecule has 2 rings (SSSR count). The van der Waals surface area contributed by atoms with Gasteiger partial charge in [0.1, 0.15) is 24.4 Å². The summed E-state index contributed by atoms with van der Waals surface area (Å²) in [6.45, 7) is -0.0151. The summed E-state index contributed by atoms with van der Waals surface area (Å²) in [5, 5.41) is 6.53. The van der Waals surface area contributed by atoms with Crippen LogP contribution < -0.4 is 11.1 Å². The quantitative estimate of drug-likeness (QED) is 0.826. The molecule has 1 amide bonds. The monoisotopic (exact) mass is 286 g/mol. The van der Waals surface area contributed by atoms with E-state index in [1.165, 1.54) is 11.0 Å². The van der Waals surface area contributed by atoms with Crippen molar-refractivity contribution in [3.8, 4) is 0 Å². The van der Waals surface area contributed by atoms with E-state index in [1.807, 2.05) is 0 Å². The molecule has 0 aliphatic rings. The molecule has 0 atom stereocenters. The number of carbonyl (C=O) groups is 1. The lowest BCUT2D eigenvalue weighted by atomic mass is 10.5. The summed E-state index contributed by atoms with van der Waals surface area (Å²) in [7, 11) is 0. The summed E-state index contributed by atoms with van der Waals surface area (Å²) in [4.78, 5) is 19.1. The van der Waals surface area contributed by atoms with Gasteiger partial charge in [0, 0.05) is 6.20 Å². The summed E-state index contributed by atoms with van der Waals surface area (Å²) < 4.78 is 1.39. The van der Waals surface area contributed by atoms with Crippen LogP contribution in [0.3, 0.4) is 0 Å². The maximum atomic E-state index is 11.7. The fourth-order valence-corrected chi connectivity index (χ4v) is 1.65. The smallest absolute Gasteiger partial charge is 0.246 e. The van der Waals surface area contributed by atoms with Crippen molar-refractivity contribution in [1.82, 2.24) is 19.7 Å². The molecule has 0 aliphatic heterocycles. The van der Waals surface area contributed by atoms with Crippen molar-refractivity contribution >= 4 is 40.6 Å². The SMILES string of the molecule is Nc1ccn(CC(=O)Nc2c(Cl)ncnc2Cl)n1. The Morgan fingerprint density at radius 1 is 1.39 bits per heavy atom. The Bertz CT molecular complexity index is 564. The van der Waals surface area contributed by atoms with Gasteiger partial charge in [-0.3, -0.25) is 9.48 Å². The van der Waals surface area contributed by atoms with Gasteiger partial charge in [-0.15, -0.1) is 0 Å². The van der Waals surface area contributed by atoms with Crippen LogP contribution in [0.2, 0.25) is 10.3 Å². The molecule has 0 bridgehead atoms. The number of rotatable bonds is 3. The van der Waals surface area contributed by atoms with E-state index in [4.69, 9.17) is 28.9 Å². The van der Waals surface area contributed by atoms with Gasteiger partial charge in [-0.2, -0.15) is 5.10 Å². The van der Waals surface area contributed by atoms with E-state index in [0.29, 0.717) is 5.82 Å². The summed E-state index contributed by atoms with van der Waals surface area (Å²) in [5.74, 6) is -0.0291. The molecule has 0 spiro atoms. The van der Waals surface area contributed by atoms with Crippen molar-refractivity contribution in [1.29, 1.82) is 0 Å². The molecular weight excluding hydrogens is 279 g/mol. The zero-order valence-electron chi connectivity index (χ0n) is 8.97. The molecule has 0 fully saturated rings. The van der Waals surface area contributed by atoms with Gasteiger partial charge in [0.15, 0.2) is 10.3 Å². The third-order valence-electron chi connectivity index (χ3n) is 1.99. The highest BCUT2D eigenvalue weighted by Crippen LogP contribution is 2.25. The molecule has 0 radical (unpaired) electrons. The van der Waals surface area contributed by atoms with E-state index in [0.717, 1.165) is 0 Å². The number of halogens is 2. The minimum atomic E-state index is -0.364. The molecular formula is C9H8Cl2N6O. The fraction of sp³-hybridized carbons (Fsp3) is 0.111. The Balaban J connectivity index is 2.08. The van der Waals surface area contributed by atoms with Crippen LogP contribution >= 0.6 is 23.2 Å². The number of hydrogen-bond acceptors (Lipinski definition) is 5. The highest BCUT2D eigenvalue weighted by Gasteiger charge is 2.12. The normalized spacial score (nSPS) is 10.3. The molecule has 0 saturated heterocycles. The number of nitrogens with two attached hydrogens (primary N) is 1. The highest BCUT2D eigenvalue weighted by atomic mass is 35.5. The lowest BCUT2D eigenvalue weighted by molar-refractivity contribution is -0.116. The number of carbonyl (C=O) groups excluding carboxylic acids is 1. The Kier molecular flexibility index (Phi) is 3.63. The molecule has 0 aliphatic carbocycles. The van der Waals surface area contributed by atoms with E-state index in [2.05, 4.69) is 20.4 Å². The predicted molar refractivity (Wildman–Crippen MR) is 67.3 cm³/mol. The van der Waals surface area contributed by atoms with Gasteiger partial charge in [0.25, 0.3) is 0 Å². The fourth-order valence-electron chi connectivity index (χ4n) is 1.24. The van der Waals surface area contributed by atoms with Crippen LogP contribution in [-0.2, 0) is 11.3 Å².